The molecular weight excluding hydrogens is 530 g/mol. The van der Waals surface area contributed by atoms with Crippen molar-refractivity contribution in [3.05, 3.63) is 149 Å². The summed E-state index contributed by atoms with van der Waals surface area (Å²) in [6, 6.07) is 46.1. The van der Waals surface area contributed by atoms with Gasteiger partial charge in [-0.15, -0.1) is 0 Å². The zero-order valence-corrected chi connectivity index (χ0v) is 25.8. The molecule has 0 aromatic heterocycles. The lowest BCUT2D eigenvalue weighted by molar-refractivity contribution is 0.550. The van der Waals surface area contributed by atoms with Gasteiger partial charge in [0.1, 0.15) is 0 Å². The van der Waals surface area contributed by atoms with Gasteiger partial charge in [-0.2, -0.15) is 0 Å². The summed E-state index contributed by atoms with van der Waals surface area (Å²) in [5, 5.41) is 2.60. The molecule has 0 saturated heterocycles. The van der Waals surface area contributed by atoms with Crippen LogP contribution in [0.15, 0.2) is 121 Å². The average molecular weight is 568 g/mol. The van der Waals surface area contributed by atoms with Gasteiger partial charge in [0.05, 0.1) is 5.69 Å². The number of hydrogen-bond donors (Lipinski definition) is 0. The highest BCUT2D eigenvalue weighted by molar-refractivity contribution is 6.01. The van der Waals surface area contributed by atoms with Gasteiger partial charge in [0, 0.05) is 27.6 Å². The minimum atomic E-state index is -0.0591. The minimum absolute atomic E-state index is 0.0591. The quantitative estimate of drug-likeness (QED) is 0.206. The van der Waals surface area contributed by atoms with E-state index in [1.807, 2.05) is 0 Å². The van der Waals surface area contributed by atoms with Crippen molar-refractivity contribution in [1.82, 2.24) is 0 Å². The van der Waals surface area contributed by atoms with E-state index >= 15 is 0 Å². The molecule has 0 aliphatic heterocycles. The van der Waals surface area contributed by atoms with E-state index in [1.54, 1.807) is 0 Å². The van der Waals surface area contributed by atoms with Gasteiger partial charge in [0.25, 0.3) is 0 Å². The fourth-order valence-corrected chi connectivity index (χ4v) is 8.99. The number of aryl methyl sites for hydroxylation is 1. The smallest absolute Gasteiger partial charge is 0.0540 e. The Balaban J connectivity index is 1.29. The van der Waals surface area contributed by atoms with E-state index < -0.39 is 0 Å². The third-order valence-electron chi connectivity index (χ3n) is 11.2. The van der Waals surface area contributed by atoms with Crippen molar-refractivity contribution in [3.63, 3.8) is 0 Å². The number of anilines is 3. The van der Waals surface area contributed by atoms with Crippen molar-refractivity contribution in [2.24, 2.45) is 0 Å². The molecule has 0 amide bonds. The van der Waals surface area contributed by atoms with Gasteiger partial charge in [0.2, 0.25) is 0 Å². The van der Waals surface area contributed by atoms with Gasteiger partial charge in [0.15, 0.2) is 0 Å². The van der Waals surface area contributed by atoms with Gasteiger partial charge >= 0.3 is 0 Å². The predicted molar refractivity (Wildman–Crippen MR) is 186 cm³/mol. The zero-order valence-electron chi connectivity index (χ0n) is 25.8. The summed E-state index contributed by atoms with van der Waals surface area (Å²) in [6.45, 7) is 6.98. The van der Waals surface area contributed by atoms with Gasteiger partial charge < -0.3 is 4.90 Å². The first kappa shape index (κ1) is 25.8. The van der Waals surface area contributed by atoms with Crippen molar-refractivity contribution in [2.45, 2.75) is 57.3 Å². The van der Waals surface area contributed by atoms with Crippen LogP contribution in [0.25, 0.3) is 33.0 Å². The first-order chi connectivity index (χ1) is 21.5. The molecule has 1 heteroatoms. The highest BCUT2D eigenvalue weighted by atomic mass is 15.1. The van der Waals surface area contributed by atoms with E-state index in [4.69, 9.17) is 0 Å². The van der Waals surface area contributed by atoms with Gasteiger partial charge in [-0.05, 0) is 106 Å². The largest absolute Gasteiger partial charge is 0.310 e. The van der Waals surface area contributed by atoms with Crippen LogP contribution in [0, 0.1) is 6.92 Å². The second-order valence-corrected chi connectivity index (χ2v) is 13.7. The molecule has 1 spiro atoms. The first-order valence-electron chi connectivity index (χ1n) is 16.2. The Hall–Kier alpha value is -4.62. The van der Waals surface area contributed by atoms with Crippen LogP contribution in [-0.4, -0.2) is 0 Å². The summed E-state index contributed by atoms with van der Waals surface area (Å²) in [4.78, 5) is 2.53. The summed E-state index contributed by atoms with van der Waals surface area (Å²) in [6.07, 6.45) is 5.06. The zero-order chi connectivity index (χ0) is 29.6. The van der Waals surface area contributed by atoms with Crippen molar-refractivity contribution in [1.29, 1.82) is 0 Å². The lowest BCUT2D eigenvalue weighted by Gasteiger charge is -2.31. The third-order valence-corrected chi connectivity index (χ3v) is 11.2. The summed E-state index contributed by atoms with van der Waals surface area (Å²) in [5.41, 5.74) is 16.5. The molecule has 1 fully saturated rings. The van der Waals surface area contributed by atoms with Crippen LogP contribution in [0.3, 0.4) is 0 Å². The van der Waals surface area contributed by atoms with Gasteiger partial charge in [-0.1, -0.05) is 118 Å². The average Bonchev–Trinajstić information content (AvgIpc) is 3.72. The van der Waals surface area contributed by atoms with Gasteiger partial charge in [-0.25, -0.2) is 0 Å². The van der Waals surface area contributed by atoms with E-state index in [9.17, 15) is 0 Å². The molecule has 9 rings (SSSR count). The molecule has 3 aliphatic rings. The molecule has 0 atom stereocenters. The molecule has 6 aromatic carbocycles. The van der Waals surface area contributed by atoms with E-state index in [0.29, 0.717) is 0 Å². The lowest BCUT2D eigenvalue weighted by atomic mass is 9.76. The fraction of sp³-hybridized carbons (Fsp3) is 0.209. The molecule has 214 valence electrons. The van der Waals surface area contributed by atoms with Crippen molar-refractivity contribution in [3.8, 4) is 22.3 Å². The molecule has 0 heterocycles. The maximum absolute atomic E-state index is 2.54. The summed E-state index contributed by atoms with van der Waals surface area (Å²) in [5.74, 6) is 0. The van der Waals surface area contributed by atoms with Crippen LogP contribution in [0.2, 0.25) is 0 Å². The van der Waals surface area contributed by atoms with Crippen LogP contribution in [0.1, 0.15) is 67.3 Å². The minimum Gasteiger partial charge on any atom is -0.310 e. The molecule has 6 aromatic rings. The molecule has 0 unspecified atom stereocenters. The number of benzene rings is 6. The second kappa shape index (κ2) is 9.19. The van der Waals surface area contributed by atoms with E-state index in [2.05, 4.69) is 147 Å². The van der Waals surface area contributed by atoms with Crippen molar-refractivity contribution < 1.29 is 0 Å². The van der Waals surface area contributed by atoms with Crippen LogP contribution in [0.5, 0.6) is 0 Å². The summed E-state index contributed by atoms with van der Waals surface area (Å²) >= 11 is 0. The SMILES string of the molecule is Cc1ccc(N(c2ccc3c(c2)C(C)(C)c2ccccc2-3)c2ccc3c(c2)C2(CCCC2)c2ccccc2-3)c2ccccc12. The Bertz CT molecular complexity index is 2120. The second-order valence-electron chi connectivity index (χ2n) is 13.7. The highest BCUT2D eigenvalue weighted by Gasteiger charge is 2.45. The van der Waals surface area contributed by atoms with E-state index in [0.717, 1.165) is 0 Å². The molecule has 3 aliphatic carbocycles. The standard InChI is InChI=1S/C43H37N/c1-28-18-23-41(36-15-5-4-12-31(28)36)44(29-19-21-34-32-13-6-8-16-37(32)42(2,3)39(34)26-29)30-20-22-35-33-14-7-9-17-38(33)43(40(35)27-30)24-10-11-25-43/h4-9,12-23,26-27H,10-11,24-25H2,1-3H3. The maximum atomic E-state index is 2.54. The molecule has 44 heavy (non-hydrogen) atoms. The first-order valence-corrected chi connectivity index (χ1v) is 16.2. The molecule has 0 bridgehead atoms. The topological polar surface area (TPSA) is 3.24 Å². The van der Waals surface area contributed by atoms with Crippen LogP contribution in [-0.2, 0) is 10.8 Å². The van der Waals surface area contributed by atoms with Crippen molar-refractivity contribution >= 4 is 27.8 Å². The molecule has 1 nitrogen and oxygen atoms in total. The van der Waals surface area contributed by atoms with Crippen LogP contribution < -0.4 is 4.90 Å². The van der Waals surface area contributed by atoms with Crippen LogP contribution in [0.4, 0.5) is 17.1 Å². The van der Waals surface area contributed by atoms with E-state index in [-0.39, 0.29) is 10.8 Å². The summed E-state index contributed by atoms with van der Waals surface area (Å²) in [7, 11) is 0. The lowest BCUT2D eigenvalue weighted by Crippen LogP contribution is -2.21. The number of nitrogens with zero attached hydrogens (tertiary/aromatic N) is 1. The van der Waals surface area contributed by atoms with Gasteiger partial charge in [-0.3, -0.25) is 0 Å². The molecule has 0 N–H and O–H groups in total. The molecule has 1 saturated carbocycles. The Morgan fingerprint density at radius 2 is 1.05 bits per heavy atom. The highest BCUT2D eigenvalue weighted by Crippen LogP contribution is 2.58. The molecule has 0 radical (unpaired) electrons. The van der Waals surface area contributed by atoms with Crippen molar-refractivity contribution in [2.75, 3.05) is 4.90 Å². The Kier molecular flexibility index (Phi) is 5.40. The third kappa shape index (κ3) is 3.41. The Morgan fingerprint density at radius 1 is 0.500 bits per heavy atom. The Labute approximate surface area is 260 Å². The summed E-state index contributed by atoms with van der Waals surface area (Å²) < 4.78 is 0. The monoisotopic (exact) mass is 567 g/mol. The maximum Gasteiger partial charge on any atom is 0.0540 e. The molecular formula is C43H37N. The number of hydrogen-bond acceptors (Lipinski definition) is 1. The van der Waals surface area contributed by atoms with Crippen LogP contribution >= 0.6 is 0 Å². The van der Waals surface area contributed by atoms with E-state index in [1.165, 1.54) is 104 Å². The Morgan fingerprint density at radius 3 is 1.77 bits per heavy atom. The fourth-order valence-electron chi connectivity index (χ4n) is 8.99. The normalized spacial score (nSPS) is 16.5. The number of fused-ring (bicyclic) bond motifs is 9. The number of rotatable bonds is 3. The predicted octanol–water partition coefficient (Wildman–Crippen LogP) is 11.8.